The van der Waals surface area contributed by atoms with E-state index in [9.17, 15) is 15.3 Å². The minimum atomic E-state index is -1.10. The number of hydrogen-bond acceptors (Lipinski definition) is 15. The van der Waals surface area contributed by atoms with Gasteiger partial charge < -0.3 is 72.2 Å². The summed E-state index contributed by atoms with van der Waals surface area (Å²) < 4.78 is 63.6. The van der Waals surface area contributed by atoms with Crippen molar-refractivity contribution in [2.45, 2.75) is 67.1 Å². The van der Waals surface area contributed by atoms with Gasteiger partial charge in [-0.3, -0.25) is 0 Å². The molecule has 6 saturated heterocycles. The number of rotatable bonds is 25. The Bertz CT molecular complexity index is 721. The van der Waals surface area contributed by atoms with Gasteiger partial charge in [-0.25, -0.2) is 0 Å². The van der Waals surface area contributed by atoms with Crippen LogP contribution in [0.15, 0.2) is 0 Å². The summed E-state index contributed by atoms with van der Waals surface area (Å²) in [5.74, 6) is 0. The van der Waals surface area contributed by atoms with Gasteiger partial charge in [0.05, 0.1) is 106 Å². The molecule has 15 nitrogen and oxygen atoms in total. The first-order chi connectivity index (χ1) is 20.5. The highest BCUT2D eigenvalue weighted by Crippen LogP contribution is 2.20. The van der Waals surface area contributed by atoms with Gasteiger partial charge in [0, 0.05) is 0 Å². The van der Waals surface area contributed by atoms with Gasteiger partial charge in [-0.2, -0.15) is 0 Å². The lowest BCUT2D eigenvalue weighted by Gasteiger charge is -2.32. The monoisotopic (exact) mass is 610 g/mol. The molecular weight excluding hydrogens is 564 g/mol. The van der Waals surface area contributed by atoms with Crippen LogP contribution in [0.25, 0.3) is 0 Å². The van der Waals surface area contributed by atoms with Gasteiger partial charge in [-0.1, -0.05) is 0 Å². The molecule has 6 rings (SSSR count). The average molecular weight is 611 g/mol. The SMILES string of the molecule is OC(COCC1CO1)C(OCC1CO1)C(O)C(COCC1CO1)OCC1CO1.OC(COCC1CO1)COCC1CO1. The fourth-order valence-corrected chi connectivity index (χ4v) is 3.78. The molecule has 0 spiro atoms. The number of aliphatic hydroxyl groups is 3. The van der Waals surface area contributed by atoms with Crippen LogP contribution in [-0.4, -0.2) is 188 Å². The van der Waals surface area contributed by atoms with E-state index in [0.29, 0.717) is 79.3 Å². The average Bonchev–Trinajstić information content (AvgIpc) is 3.72. The summed E-state index contributed by atoms with van der Waals surface area (Å²) in [6, 6.07) is 0. The molecule has 0 saturated carbocycles. The van der Waals surface area contributed by atoms with Crippen molar-refractivity contribution < 1.29 is 72.2 Å². The summed E-state index contributed by atoms with van der Waals surface area (Å²) in [7, 11) is 0. The highest BCUT2D eigenvalue weighted by Gasteiger charge is 2.38. The summed E-state index contributed by atoms with van der Waals surface area (Å²) in [6.07, 6.45) is -3.46. The maximum absolute atomic E-state index is 10.9. The summed E-state index contributed by atoms with van der Waals surface area (Å²) in [5.41, 5.74) is 0. The van der Waals surface area contributed by atoms with E-state index in [1.807, 2.05) is 0 Å². The fraction of sp³-hybridized carbons (Fsp3) is 1.00. The first kappa shape index (κ1) is 32.8. The predicted molar refractivity (Wildman–Crippen MR) is 139 cm³/mol. The van der Waals surface area contributed by atoms with E-state index in [-0.39, 0.29) is 49.8 Å². The first-order valence-electron chi connectivity index (χ1n) is 14.8. The van der Waals surface area contributed by atoms with Crippen LogP contribution < -0.4 is 0 Å². The summed E-state index contributed by atoms with van der Waals surface area (Å²) in [6.45, 7) is 7.68. The van der Waals surface area contributed by atoms with E-state index in [1.165, 1.54) is 0 Å². The van der Waals surface area contributed by atoms with Crippen molar-refractivity contribution in [2.75, 3.05) is 106 Å². The number of hydrogen-bond donors (Lipinski definition) is 3. The Hall–Kier alpha value is -0.600. The maximum atomic E-state index is 10.9. The van der Waals surface area contributed by atoms with Crippen molar-refractivity contribution in [1.82, 2.24) is 0 Å². The van der Waals surface area contributed by atoms with E-state index in [0.717, 1.165) is 13.2 Å². The first-order valence-corrected chi connectivity index (χ1v) is 14.8. The van der Waals surface area contributed by atoms with Crippen molar-refractivity contribution in [3.63, 3.8) is 0 Å². The highest BCUT2D eigenvalue weighted by atomic mass is 16.6. The lowest BCUT2D eigenvalue weighted by Crippen LogP contribution is -2.51. The third kappa shape index (κ3) is 14.5. The van der Waals surface area contributed by atoms with Crippen molar-refractivity contribution in [1.29, 1.82) is 0 Å². The van der Waals surface area contributed by atoms with E-state index in [1.54, 1.807) is 0 Å². The summed E-state index contributed by atoms with van der Waals surface area (Å²) >= 11 is 0. The van der Waals surface area contributed by atoms with Crippen LogP contribution in [0.2, 0.25) is 0 Å². The molecule has 6 aliphatic rings. The third-order valence-electron chi connectivity index (χ3n) is 6.89. The zero-order valence-electron chi connectivity index (χ0n) is 23.9. The molecule has 10 unspecified atom stereocenters. The maximum Gasteiger partial charge on any atom is 0.114 e. The number of ether oxygens (including phenoxy) is 12. The van der Waals surface area contributed by atoms with Crippen LogP contribution in [0.5, 0.6) is 0 Å². The van der Waals surface area contributed by atoms with Gasteiger partial charge in [0.2, 0.25) is 0 Å². The zero-order valence-corrected chi connectivity index (χ0v) is 23.9. The highest BCUT2D eigenvalue weighted by molar-refractivity contribution is 4.86. The molecule has 0 aromatic rings. The van der Waals surface area contributed by atoms with Gasteiger partial charge in [0.1, 0.15) is 67.1 Å². The summed E-state index contributed by atoms with van der Waals surface area (Å²) in [4.78, 5) is 0. The van der Waals surface area contributed by atoms with Crippen LogP contribution in [0.1, 0.15) is 0 Å². The van der Waals surface area contributed by atoms with Crippen LogP contribution >= 0.6 is 0 Å². The van der Waals surface area contributed by atoms with E-state index in [2.05, 4.69) is 0 Å². The van der Waals surface area contributed by atoms with Gasteiger partial charge in [0.25, 0.3) is 0 Å². The topological polar surface area (TPSA) is 191 Å². The largest absolute Gasteiger partial charge is 0.388 e. The quantitative estimate of drug-likeness (QED) is 0.0903. The van der Waals surface area contributed by atoms with E-state index < -0.39 is 30.5 Å². The van der Waals surface area contributed by atoms with Gasteiger partial charge in [-0.05, 0) is 0 Å². The molecule has 6 fully saturated rings. The van der Waals surface area contributed by atoms with Gasteiger partial charge >= 0.3 is 0 Å². The smallest absolute Gasteiger partial charge is 0.114 e. The molecule has 0 aliphatic carbocycles. The van der Waals surface area contributed by atoms with Crippen molar-refractivity contribution in [3.05, 3.63) is 0 Å². The molecule has 42 heavy (non-hydrogen) atoms. The molecule has 244 valence electrons. The third-order valence-corrected chi connectivity index (χ3v) is 6.89. The minimum Gasteiger partial charge on any atom is -0.388 e. The van der Waals surface area contributed by atoms with Crippen molar-refractivity contribution in [3.8, 4) is 0 Å². The number of aliphatic hydroxyl groups excluding tert-OH is 3. The lowest BCUT2D eigenvalue weighted by atomic mass is 10.0. The van der Waals surface area contributed by atoms with Gasteiger partial charge in [0.15, 0.2) is 0 Å². The standard InChI is InChI=1S/C18H30O10.C9H16O5/c19-15(9-21-1-11-3-23-11)18(28-8-14-6-26-14)17(20)16(27-7-13-5-25-13)10-22-2-12-4-24-12;10-7(1-11-3-8-5-13-8)2-12-4-9-6-14-9/h11-20H,1-10H2;7-10H,1-6H2. The number of epoxide rings is 6. The lowest BCUT2D eigenvalue weighted by molar-refractivity contribution is -0.171. The Morgan fingerprint density at radius 1 is 0.476 bits per heavy atom. The molecule has 10 atom stereocenters. The van der Waals surface area contributed by atoms with Crippen LogP contribution in [0.3, 0.4) is 0 Å². The fourth-order valence-electron chi connectivity index (χ4n) is 3.78. The Morgan fingerprint density at radius 2 is 0.833 bits per heavy atom. The van der Waals surface area contributed by atoms with Gasteiger partial charge in [-0.15, -0.1) is 0 Å². The van der Waals surface area contributed by atoms with Crippen molar-refractivity contribution in [2.24, 2.45) is 0 Å². The Morgan fingerprint density at radius 3 is 1.26 bits per heavy atom. The van der Waals surface area contributed by atoms with Crippen LogP contribution in [-0.2, 0) is 56.8 Å². The molecule has 0 bridgehead atoms. The molecule has 6 heterocycles. The molecule has 0 amide bonds. The van der Waals surface area contributed by atoms with Crippen molar-refractivity contribution >= 4 is 0 Å². The van der Waals surface area contributed by atoms with E-state index in [4.69, 9.17) is 56.8 Å². The Kier molecular flexibility index (Phi) is 13.4. The van der Waals surface area contributed by atoms with Crippen LogP contribution in [0.4, 0.5) is 0 Å². The second-order valence-electron chi connectivity index (χ2n) is 11.3. The molecule has 0 aromatic carbocycles. The second kappa shape index (κ2) is 17.2. The second-order valence-corrected chi connectivity index (χ2v) is 11.3. The Balaban J connectivity index is 0.000000211. The normalized spacial score (nSPS) is 33.5. The molecule has 0 aromatic heterocycles. The molecule has 6 aliphatic heterocycles. The molecule has 0 radical (unpaired) electrons. The zero-order chi connectivity index (χ0) is 29.1. The predicted octanol–water partition coefficient (Wildman–Crippen LogP) is -2.71. The summed E-state index contributed by atoms with van der Waals surface area (Å²) in [5, 5.41) is 30.9. The van der Waals surface area contributed by atoms with Crippen LogP contribution in [0, 0.1) is 0 Å². The molecule has 3 N–H and O–H groups in total. The van der Waals surface area contributed by atoms with E-state index >= 15 is 0 Å². The minimum absolute atomic E-state index is 0.00480. The molecule has 15 heteroatoms. The molecular formula is C27H46O15. The Labute approximate surface area is 245 Å².